The number of nitrogens with zero attached hydrogens (tertiary/aromatic N) is 1. The Labute approximate surface area is 108 Å². The molecule has 1 aliphatic rings. The number of ether oxygens (including phenoxy) is 1. The van der Waals surface area contributed by atoms with Gasteiger partial charge in [-0.05, 0) is 37.9 Å². The Balaban J connectivity index is 1.97. The van der Waals surface area contributed by atoms with E-state index in [-0.39, 0.29) is 0 Å². The van der Waals surface area contributed by atoms with Crippen LogP contribution in [-0.2, 0) is 17.8 Å². The molecule has 0 spiro atoms. The Kier molecular flexibility index (Phi) is 4.56. The average molecular weight is 254 g/mol. The van der Waals surface area contributed by atoms with E-state index in [1.807, 2.05) is 18.4 Å². The van der Waals surface area contributed by atoms with Gasteiger partial charge in [-0.1, -0.05) is 0 Å². The van der Waals surface area contributed by atoms with Gasteiger partial charge >= 0.3 is 0 Å². The van der Waals surface area contributed by atoms with Crippen molar-refractivity contribution in [2.75, 3.05) is 20.2 Å². The van der Waals surface area contributed by atoms with Gasteiger partial charge in [0.05, 0.1) is 6.10 Å². The molecular weight excluding hydrogens is 232 g/mol. The zero-order valence-corrected chi connectivity index (χ0v) is 11.6. The van der Waals surface area contributed by atoms with Gasteiger partial charge in [0.15, 0.2) is 0 Å². The molecule has 3 nitrogen and oxygen atoms in total. The van der Waals surface area contributed by atoms with Gasteiger partial charge < -0.3 is 10.5 Å². The van der Waals surface area contributed by atoms with E-state index in [4.69, 9.17) is 10.5 Å². The van der Waals surface area contributed by atoms with Gasteiger partial charge in [0.25, 0.3) is 0 Å². The second-order valence-electron chi connectivity index (χ2n) is 4.73. The molecule has 0 aliphatic carbocycles. The summed E-state index contributed by atoms with van der Waals surface area (Å²) in [6.07, 6.45) is 2.85. The van der Waals surface area contributed by atoms with E-state index in [0.29, 0.717) is 12.6 Å². The molecule has 1 unspecified atom stereocenters. The van der Waals surface area contributed by atoms with Gasteiger partial charge in [0.2, 0.25) is 0 Å². The highest BCUT2D eigenvalue weighted by atomic mass is 32.1. The first kappa shape index (κ1) is 13.0. The Morgan fingerprint density at radius 1 is 1.59 bits per heavy atom. The van der Waals surface area contributed by atoms with E-state index in [9.17, 15) is 0 Å². The summed E-state index contributed by atoms with van der Waals surface area (Å²) in [5.41, 5.74) is 7.12. The standard InChI is InChI=1S/C13H22N2OS/c1-10-11(6-13(7-14)17-10)8-15-5-3-4-12(9-15)16-2/h6,12H,3-5,7-9,14H2,1-2H3. The molecule has 1 fully saturated rings. The van der Waals surface area contributed by atoms with Crippen molar-refractivity contribution in [1.82, 2.24) is 4.90 Å². The van der Waals surface area contributed by atoms with Gasteiger partial charge in [0, 0.05) is 36.5 Å². The largest absolute Gasteiger partial charge is 0.380 e. The molecule has 96 valence electrons. The number of rotatable bonds is 4. The molecule has 1 aliphatic heterocycles. The molecule has 4 heteroatoms. The lowest BCUT2D eigenvalue weighted by molar-refractivity contribution is 0.0285. The van der Waals surface area contributed by atoms with Crippen LogP contribution in [0.4, 0.5) is 0 Å². The number of likely N-dealkylation sites (tertiary alicyclic amines) is 1. The molecule has 0 radical (unpaired) electrons. The van der Waals surface area contributed by atoms with Gasteiger partial charge in [-0.25, -0.2) is 0 Å². The van der Waals surface area contributed by atoms with Crippen molar-refractivity contribution in [3.05, 3.63) is 21.4 Å². The van der Waals surface area contributed by atoms with Crippen LogP contribution in [0.2, 0.25) is 0 Å². The van der Waals surface area contributed by atoms with Gasteiger partial charge in [0.1, 0.15) is 0 Å². The maximum absolute atomic E-state index is 5.69. The topological polar surface area (TPSA) is 38.5 Å². The lowest BCUT2D eigenvalue weighted by atomic mass is 10.1. The molecule has 0 saturated carbocycles. The molecular formula is C13H22N2OS. The van der Waals surface area contributed by atoms with E-state index in [2.05, 4.69) is 17.9 Å². The lowest BCUT2D eigenvalue weighted by Crippen LogP contribution is -2.38. The summed E-state index contributed by atoms with van der Waals surface area (Å²) in [7, 11) is 1.82. The minimum atomic E-state index is 0.414. The smallest absolute Gasteiger partial charge is 0.0698 e. The van der Waals surface area contributed by atoms with Crippen LogP contribution in [0.5, 0.6) is 0 Å². The zero-order valence-electron chi connectivity index (χ0n) is 10.7. The van der Waals surface area contributed by atoms with Crippen LogP contribution in [0.3, 0.4) is 0 Å². The fourth-order valence-corrected chi connectivity index (χ4v) is 3.37. The Hall–Kier alpha value is -0.420. The van der Waals surface area contributed by atoms with Crippen molar-refractivity contribution in [3.63, 3.8) is 0 Å². The van der Waals surface area contributed by atoms with Crippen molar-refractivity contribution in [1.29, 1.82) is 0 Å². The Bertz CT molecular complexity index is 364. The molecule has 0 bridgehead atoms. The van der Waals surface area contributed by atoms with Crippen LogP contribution < -0.4 is 5.73 Å². The second-order valence-corrected chi connectivity index (χ2v) is 6.07. The van der Waals surface area contributed by atoms with E-state index in [1.165, 1.54) is 34.7 Å². The van der Waals surface area contributed by atoms with Crippen LogP contribution in [0, 0.1) is 6.92 Å². The molecule has 2 N–H and O–H groups in total. The molecule has 1 atom stereocenters. The second kappa shape index (κ2) is 5.96. The Morgan fingerprint density at radius 2 is 2.41 bits per heavy atom. The Morgan fingerprint density at radius 3 is 3.06 bits per heavy atom. The molecule has 2 heterocycles. The summed E-state index contributed by atoms with van der Waals surface area (Å²) in [5.74, 6) is 0. The molecule has 0 aromatic carbocycles. The fourth-order valence-electron chi connectivity index (χ4n) is 2.44. The van der Waals surface area contributed by atoms with Crippen LogP contribution >= 0.6 is 11.3 Å². The minimum Gasteiger partial charge on any atom is -0.380 e. The number of hydrogen-bond acceptors (Lipinski definition) is 4. The van der Waals surface area contributed by atoms with Crippen LogP contribution in [0.1, 0.15) is 28.2 Å². The highest BCUT2D eigenvalue weighted by Gasteiger charge is 2.20. The number of aryl methyl sites for hydroxylation is 1. The van der Waals surface area contributed by atoms with Crippen LogP contribution in [0.25, 0.3) is 0 Å². The highest BCUT2D eigenvalue weighted by molar-refractivity contribution is 7.12. The number of methoxy groups -OCH3 is 1. The number of thiophene rings is 1. The molecule has 17 heavy (non-hydrogen) atoms. The third kappa shape index (κ3) is 3.28. The number of nitrogens with two attached hydrogens (primary N) is 1. The predicted octanol–water partition coefficient (Wildman–Crippen LogP) is 2.13. The highest BCUT2D eigenvalue weighted by Crippen LogP contribution is 2.24. The summed E-state index contributed by atoms with van der Waals surface area (Å²) in [4.78, 5) is 5.19. The summed E-state index contributed by atoms with van der Waals surface area (Å²) in [5, 5.41) is 0. The number of hydrogen-bond donors (Lipinski definition) is 1. The first-order valence-corrected chi connectivity index (χ1v) is 7.08. The van der Waals surface area contributed by atoms with E-state index >= 15 is 0 Å². The SMILES string of the molecule is COC1CCCN(Cc2cc(CN)sc2C)C1. The fraction of sp³-hybridized carbons (Fsp3) is 0.692. The molecule has 1 aromatic rings. The third-order valence-electron chi connectivity index (χ3n) is 3.46. The first-order chi connectivity index (χ1) is 8.22. The maximum Gasteiger partial charge on any atom is 0.0698 e. The quantitative estimate of drug-likeness (QED) is 0.894. The summed E-state index contributed by atoms with van der Waals surface area (Å²) in [6, 6.07) is 2.26. The van der Waals surface area contributed by atoms with Crippen molar-refractivity contribution in [2.45, 2.75) is 39.0 Å². The maximum atomic E-state index is 5.69. The summed E-state index contributed by atoms with van der Waals surface area (Å²) in [6.45, 7) is 6.14. The van der Waals surface area contributed by atoms with Crippen LogP contribution in [-0.4, -0.2) is 31.2 Å². The first-order valence-electron chi connectivity index (χ1n) is 6.26. The van der Waals surface area contributed by atoms with Gasteiger partial charge in [-0.2, -0.15) is 0 Å². The molecule has 1 aromatic heterocycles. The molecule has 1 saturated heterocycles. The predicted molar refractivity (Wildman–Crippen MR) is 72.3 cm³/mol. The zero-order chi connectivity index (χ0) is 12.3. The third-order valence-corrected chi connectivity index (χ3v) is 4.58. The minimum absolute atomic E-state index is 0.414. The normalized spacial score (nSPS) is 21.9. The van der Waals surface area contributed by atoms with E-state index in [0.717, 1.165) is 13.1 Å². The van der Waals surface area contributed by atoms with Gasteiger partial charge in [-0.3, -0.25) is 4.90 Å². The van der Waals surface area contributed by atoms with Crippen LogP contribution in [0.15, 0.2) is 6.07 Å². The average Bonchev–Trinajstić information content (AvgIpc) is 2.70. The summed E-state index contributed by atoms with van der Waals surface area (Å²) < 4.78 is 5.46. The lowest BCUT2D eigenvalue weighted by Gasteiger charge is -2.31. The van der Waals surface area contributed by atoms with Crippen molar-refractivity contribution >= 4 is 11.3 Å². The van der Waals surface area contributed by atoms with E-state index < -0.39 is 0 Å². The van der Waals surface area contributed by atoms with Crippen molar-refractivity contribution in [3.8, 4) is 0 Å². The summed E-state index contributed by atoms with van der Waals surface area (Å²) >= 11 is 1.83. The van der Waals surface area contributed by atoms with Crippen molar-refractivity contribution in [2.24, 2.45) is 5.73 Å². The van der Waals surface area contributed by atoms with E-state index in [1.54, 1.807) is 0 Å². The van der Waals surface area contributed by atoms with Gasteiger partial charge in [-0.15, -0.1) is 11.3 Å². The molecule has 2 rings (SSSR count). The monoisotopic (exact) mass is 254 g/mol. The van der Waals surface area contributed by atoms with Crippen molar-refractivity contribution < 1.29 is 4.74 Å². The molecule has 0 amide bonds. The number of piperidine rings is 1.